The van der Waals surface area contributed by atoms with Gasteiger partial charge in [-0.2, -0.15) is 5.10 Å². The maximum Gasteiger partial charge on any atom is 0.251 e. The van der Waals surface area contributed by atoms with Crippen molar-refractivity contribution >= 4 is 5.91 Å². The Morgan fingerprint density at radius 3 is 2.45 bits per heavy atom. The van der Waals surface area contributed by atoms with Crippen LogP contribution >= 0.6 is 0 Å². The van der Waals surface area contributed by atoms with E-state index >= 15 is 0 Å². The Morgan fingerprint density at radius 1 is 1.30 bits per heavy atom. The highest BCUT2D eigenvalue weighted by molar-refractivity contribution is 5.80. The summed E-state index contributed by atoms with van der Waals surface area (Å²) in [5.74, 6) is -0.294. The van der Waals surface area contributed by atoms with Crippen LogP contribution in [0, 0.1) is 0 Å². The molecule has 0 aliphatic rings. The summed E-state index contributed by atoms with van der Waals surface area (Å²) in [5.41, 5.74) is 1.90. The third-order valence-corrected chi connectivity index (χ3v) is 3.34. The molecular weight excluding hydrogens is 256 g/mol. The monoisotopic (exact) mass is 274 g/mol. The maximum absolute atomic E-state index is 11.8. The molecule has 106 valence electrons. The lowest BCUT2D eigenvalue weighted by atomic mass is 10.1. The first-order valence-corrected chi connectivity index (χ1v) is 6.40. The van der Waals surface area contributed by atoms with Crippen molar-refractivity contribution in [3.05, 3.63) is 42.5 Å². The van der Waals surface area contributed by atoms with E-state index in [0.29, 0.717) is 0 Å². The van der Waals surface area contributed by atoms with Gasteiger partial charge in [0.1, 0.15) is 18.8 Å². The molecular formula is C14H18N4O2. The van der Waals surface area contributed by atoms with Crippen LogP contribution in [0.3, 0.4) is 0 Å². The summed E-state index contributed by atoms with van der Waals surface area (Å²) in [7, 11) is 1.69. The largest absolute Gasteiger partial charge is 0.384 e. The number of hydrogen-bond acceptors (Lipinski definition) is 4. The van der Waals surface area contributed by atoms with Gasteiger partial charge in [-0.05, 0) is 31.5 Å². The Bertz CT molecular complexity index is 563. The lowest BCUT2D eigenvalue weighted by Gasteiger charge is -2.26. The molecule has 6 heteroatoms. The maximum atomic E-state index is 11.8. The fraction of sp³-hybridized carbons (Fsp3) is 0.357. The number of likely N-dealkylation sites (N-methyl/N-ethyl adjacent to an activating group) is 1. The minimum Gasteiger partial charge on any atom is -0.384 e. The number of amides is 1. The van der Waals surface area contributed by atoms with Crippen LogP contribution in [0.4, 0.5) is 0 Å². The van der Waals surface area contributed by atoms with Crippen molar-refractivity contribution in [2.24, 2.45) is 0 Å². The van der Waals surface area contributed by atoms with Gasteiger partial charge in [-0.1, -0.05) is 12.1 Å². The molecule has 2 atom stereocenters. The van der Waals surface area contributed by atoms with Crippen molar-refractivity contribution in [2.75, 3.05) is 7.05 Å². The number of hydrogen-bond donors (Lipinski definition) is 1. The highest BCUT2D eigenvalue weighted by atomic mass is 16.3. The predicted molar refractivity (Wildman–Crippen MR) is 74.2 cm³/mol. The number of carbonyl (C=O) groups excluding carboxylic acids is 1. The molecule has 1 aromatic carbocycles. The van der Waals surface area contributed by atoms with Crippen LogP contribution in [0.5, 0.6) is 0 Å². The summed E-state index contributed by atoms with van der Waals surface area (Å²) in [5, 5.41) is 13.4. The molecule has 0 saturated heterocycles. The van der Waals surface area contributed by atoms with Gasteiger partial charge in [0.25, 0.3) is 5.91 Å². The first-order chi connectivity index (χ1) is 9.50. The van der Waals surface area contributed by atoms with Gasteiger partial charge >= 0.3 is 0 Å². The van der Waals surface area contributed by atoms with Crippen molar-refractivity contribution in [1.82, 2.24) is 19.7 Å². The molecule has 1 amide bonds. The normalized spacial score (nSPS) is 13.8. The standard InChI is InChI=1S/C14H18N4O2/c1-10(17(3)14(20)11(2)19)12-4-6-13(7-5-12)18-9-15-8-16-18/h4-11,19H,1-3H3. The molecule has 0 bridgehead atoms. The van der Waals surface area contributed by atoms with E-state index < -0.39 is 6.10 Å². The lowest BCUT2D eigenvalue weighted by Crippen LogP contribution is -2.36. The molecule has 0 saturated carbocycles. The Labute approximate surface area is 117 Å². The van der Waals surface area contributed by atoms with Gasteiger partial charge in [-0.15, -0.1) is 0 Å². The van der Waals surface area contributed by atoms with Crippen LogP contribution < -0.4 is 0 Å². The van der Waals surface area contributed by atoms with Crippen LogP contribution in [0.25, 0.3) is 5.69 Å². The summed E-state index contributed by atoms with van der Waals surface area (Å²) in [6, 6.07) is 7.60. The average molecular weight is 274 g/mol. The molecule has 0 radical (unpaired) electrons. The number of aromatic nitrogens is 3. The molecule has 2 unspecified atom stereocenters. The van der Waals surface area contributed by atoms with E-state index in [9.17, 15) is 9.90 Å². The van der Waals surface area contributed by atoms with Crippen LogP contribution in [-0.4, -0.2) is 43.8 Å². The van der Waals surface area contributed by atoms with Crippen LogP contribution in [-0.2, 0) is 4.79 Å². The molecule has 1 heterocycles. The number of aliphatic hydroxyl groups is 1. The van der Waals surface area contributed by atoms with Crippen LogP contribution in [0.1, 0.15) is 25.5 Å². The summed E-state index contributed by atoms with van der Waals surface area (Å²) < 4.78 is 1.67. The van der Waals surface area contributed by atoms with Gasteiger partial charge in [-0.3, -0.25) is 4.79 Å². The van der Waals surface area contributed by atoms with Crippen molar-refractivity contribution in [3.8, 4) is 5.69 Å². The zero-order chi connectivity index (χ0) is 14.7. The average Bonchev–Trinajstić information content (AvgIpc) is 2.99. The fourth-order valence-electron chi connectivity index (χ4n) is 1.96. The third kappa shape index (κ3) is 2.85. The van der Waals surface area contributed by atoms with Gasteiger partial charge < -0.3 is 10.0 Å². The second-order valence-electron chi connectivity index (χ2n) is 4.73. The Kier molecular flexibility index (Phi) is 4.14. The van der Waals surface area contributed by atoms with E-state index in [0.717, 1.165) is 11.3 Å². The van der Waals surface area contributed by atoms with E-state index in [1.807, 2.05) is 31.2 Å². The van der Waals surface area contributed by atoms with Gasteiger partial charge in [0.2, 0.25) is 0 Å². The van der Waals surface area contributed by atoms with Gasteiger partial charge in [0.05, 0.1) is 11.7 Å². The van der Waals surface area contributed by atoms with E-state index in [-0.39, 0.29) is 11.9 Å². The van der Waals surface area contributed by atoms with E-state index in [2.05, 4.69) is 10.1 Å². The second kappa shape index (κ2) is 5.83. The molecule has 0 aliphatic carbocycles. The number of carbonyl (C=O) groups is 1. The summed E-state index contributed by atoms with van der Waals surface area (Å²) in [4.78, 5) is 17.2. The van der Waals surface area contributed by atoms with Crippen LogP contribution in [0.15, 0.2) is 36.9 Å². The molecule has 1 aromatic heterocycles. The molecule has 6 nitrogen and oxygen atoms in total. The van der Waals surface area contributed by atoms with Crippen molar-refractivity contribution in [1.29, 1.82) is 0 Å². The zero-order valence-electron chi connectivity index (χ0n) is 11.8. The molecule has 2 rings (SSSR count). The topological polar surface area (TPSA) is 71.2 Å². The van der Waals surface area contributed by atoms with E-state index in [1.54, 1.807) is 18.1 Å². The number of benzene rings is 1. The highest BCUT2D eigenvalue weighted by Crippen LogP contribution is 2.20. The Hall–Kier alpha value is -2.21. The van der Waals surface area contributed by atoms with E-state index in [4.69, 9.17) is 0 Å². The minimum absolute atomic E-state index is 0.109. The highest BCUT2D eigenvalue weighted by Gasteiger charge is 2.20. The van der Waals surface area contributed by atoms with Gasteiger partial charge in [0, 0.05) is 7.05 Å². The second-order valence-corrected chi connectivity index (χ2v) is 4.73. The minimum atomic E-state index is -0.989. The third-order valence-electron chi connectivity index (χ3n) is 3.34. The quantitative estimate of drug-likeness (QED) is 0.908. The number of aliphatic hydroxyl groups excluding tert-OH is 1. The molecule has 20 heavy (non-hydrogen) atoms. The predicted octanol–water partition coefficient (Wildman–Crippen LogP) is 1.17. The van der Waals surface area contributed by atoms with Crippen molar-refractivity contribution in [2.45, 2.75) is 26.0 Å². The number of rotatable bonds is 4. The van der Waals surface area contributed by atoms with Crippen LogP contribution in [0.2, 0.25) is 0 Å². The zero-order valence-corrected chi connectivity index (χ0v) is 11.8. The Balaban J connectivity index is 2.15. The molecule has 1 N–H and O–H groups in total. The Morgan fingerprint density at radius 2 is 1.95 bits per heavy atom. The molecule has 0 fully saturated rings. The summed E-state index contributed by atoms with van der Waals surface area (Å²) in [6.07, 6.45) is 2.12. The fourth-order valence-corrected chi connectivity index (χ4v) is 1.96. The smallest absolute Gasteiger partial charge is 0.251 e. The van der Waals surface area contributed by atoms with Gasteiger partial charge in [0.15, 0.2) is 0 Å². The molecule has 2 aromatic rings. The first-order valence-electron chi connectivity index (χ1n) is 6.40. The molecule has 0 spiro atoms. The lowest BCUT2D eigenvalue weighted by molar-refractivity contribution is -0.139. The summed E-state index contributed by atoms with van der Waals surface area (Å²) in [6.45, 7) is 3.39. The van der Waals surface area contributed by atoms with Gasteiger partial charge in [-0.25, -0.2) is 9.67 Å². The first kappa shape index (κ1) is 14.2. The SMILES string of the molecule is CC(O)C(=O)N(C)C(C)c1ccc(-n2cncn2)cc1. The van der Waals surface area contributed by atoms with Crippen molar-refractivity contribution < 1.29 is 9.90 Å². The van der Waals surface area contributed by atoms with Crippen molar-refractivity contribution in [3.63, 3.8) is 0 Å². The number of nitrogens with zero attached hydrogens (tertiary/aromatic N) is 4. The van der Waals surface area contributed by atoms with E-state index in [1.165, 1.54) is 18.2 Å². The molecule has 0 aliphatic heterocycles. The summed E-state index contributed by atoms with van der Waals surface area (Å²) >= 11 is 0.